The minimum atomic E-state index is -3.98. The first-order chi connectivity index (χ1) is 28.7. The number of fused-ring (bicyclic) bond motifs is 3. The number of sulfonamides is 1. The van der Waals surface area contributed by atoms with Crippen LogP contribution in [0.15, 0.2) is 66.1 Å². The second kappa shape index (κ2) is 16.3. The highest BCUT2D eigenvalue weighted by Crippen LogP contribution is 2.48. The van der Waals surface area contributed by atoms with Gasteiger partial charge in [-0.25, -0.2) is 23.2 Å². The molecule has 60 heavy (non-hydrogen) atoms. The van der Waals surface area contributed by atoms with Crippen LogP contribution < -0.4 is 24.2 Å². The molecule has 318 valence electrons. The second-order valence-corrected chi connectivity index (χ2v) is 20.0. The van der Waals surface area contributed by atoms with E-state index in [4.69, 9.17) is 24.2 Å². The Balaban J connectivity index is 1.14. The molecule has 1 saturated heterocycles. The second-order valence-electron chi connectivity index (χ2n) is 16.9. The number of ether oxygens (including phenoxy) is 3. The number of pyridine rings is 1. The molecule has 0 spiro atoms. The van der Waals surface area contributed by atoms with Gasteiger partial charge in [0.15, 0.2) is 0 Å². The molecule has 2 aromatic heterocycles. The highest BCUT2D eigenvalue weighted by molar-refractivity contribution is 7.91. The van der Waals surface area contributed by atoms with Gasteiger partial charge in [0, 0.05) is 48.3 Å². The number of carbonyl (C=O) groups is 3. The van der Waals surface area contributed by atoms with Crippen molar-refractivity contribution in [2.45, 2.75) is 101 Å². The van der Waals surface area contributed by atoms with E-state index in [1.807, 2.05) is 66.1 Å². The summed E-state index contributed by atoms with van der Waals surface area (Å²) in [4.78, 5) is 56.6. The van der Waals surface area contributed by atoms with Crippen molar-refractivity contribution in [3.8, 4) is 28.0 Å². The van der Waals surface area contributed by atoms with Crippen LogP contribution in [0.25, 0.3) is 21.6 Å². The third kappa shape index (κ3) is 8.27. The van der Waals surface area contributed by atoms with Crippen molar-refractivity contribution in [3.05, 3.63) is 77.3 Å². The van der Waals surface area contributed by atoms with Gasteiger partial charge in [-0.2, -0.15) is 0 Å². The van der Waals surface area contributed by atoms with E-state index in [1.54, 1.807) is 30.9 Å². The molecular formula is C44H52N6O8S2. The molecule has 16 heteroatoms. The number of nitrogens with one attached hydrogen (secondary N) is 2. The topological polar surface area (TPSA) is 169 Å². The number of thiazole rings is 1. The minimum Gasteiger partial charge on any atom is -0.497 e. The van der Waals surface area contributed by atoms with Gasteiger partial charge in [-0.3, -0.25) is 14.3 Å². The van der Waals surface area contributed by atoms with Crippen molar-refractivity contribution in [2.24, 2.45) is 5.92 Å². The normalized spacial score (nSPS) is 24.5. The number of aromatic nitrogens is 2. The Morgan fingerprint density at radius 3 is 2.48 bits per heavy atom. The zero-order valence-electron chi connectivity index (χ0n) is 34.6. The van der Waals surface area contributed by atoms with Gasteiger partial charge in [-0.05, 0) is 81.2 Å². The lowest BCUT2D eigenvalue weighted by Gasteiger charge is -2.32. The molecule has 2 saturated carbocycles. The first-order valence-corrected chi connectivity index (χ1v) is 22.9. The van der Waals surface area contributed by atoms with Crippen molar-refractivity contribution in [1.82, 2.24) is 29.8 Å². The maximum absolute atomic E-state index is 14.8. The van der Waals surface area contributed by atoms with Gasteiger partial charge in [-0.1, -0.05) is 38.1 Å². The Hall–Kier alpha value is -5.22. The maximum atomic E-state index is 14.8. The molecule has 2 N–H and O–H groups in total. The number of amides is 4. The summed E-state index contributed by atoms with van der Waals surface area (Å²) in [5.41, 5.74) is 1.63. The molecule has 8 rings (SSSR count). The van der Waals surface area contributed by atoms with E-state index < -0.39 is 50.2 Å². The summed E-state index contributed by atoms with van der Waals surface area (Å²) in [6, 6.07) is 13.6. The molecule has 4 amide bonds. The Morgan fingerprint density at radius 2 is 1.78 bits per heavy atom. The number of allylic oxidation sites excluding steroid dienone is 1. The highest BCUT2D eigenvalue weighted by Gasteiger charge is 2.63. The molecule has 14 nitrogen and oxygen atoms in total. The number of hydrogen-bond donors (Lipinski definition) is 2. The summed E-state index contributed by atoms with van der Waals surface area (Å²) < 4.78 is 45.5. The predicted octanol–water partition coefficient (Wildman–Crippen LogP) is 6.56. The average molecular weight is 857 g/mol. The Labute approximate surface area is 354 Å². The number of benzene rings is 2. The summed E-state index contributed by atoms with van der Waals surface area (Å²) in [5.74, 6) is 0.357. The predicted molar refractivity (Wildman–Crippen MR) is 228 cm³/mol. The van der Waals surface area contributed by atoms with E-state index in [2.05, 4.69) is 23.9 Å². The molecule has 0 radical (unpaired) electrons. The molecule has 2 aromatic carbocycles. The standard InChI is InChI=1S/C44H52N6O8S2/c1-27(2)36-26-59-40(46-36)35-22-38(33-16-15-31(57-5)20-34(33)45-35)58-32-21-37-39(51)47-44(41(52)48-60(54,55)43(3)17-18-43)23-29(44)10-8-6-7-9-19-49(42(53)50(37)25-32)24-28-11-13-30(56-4)14-12-28/h8,10-16,20,22,26-27,29,32,37H,6-7,9,17-19,21,23-25H2,1-5H3,(H,47,51)(H,48,52)/b10-8-/t29-,32-,37+,44-/m1/s1. The van der Waals surface area contributed by atoms with Gasteiger partial charge in [0.05, 0.1) is 36.7 Å². The van der Waals surface area contributed by atoms with Crippen LogP contribution in [0.5, 0.6) is 17.2 Å². The number of methoxy groups -OCH3 is 2. The van der Waals surface area contributed by atoms with E-state index in [1.165, 1.54) is 11.3 Å². The van der Waals surface area contributed by atoms with Crippen LogP contribution in [0.4, 0.5) is 4.79 Å². The molecule has 2 aliphatic heterocycles. The first kappa shape index (κ1) is 41.5. The van der Waals surface area contributed by atoms with Crippen molar-refractivity contribution in [3.63, 3.8) is 0 Å². The van der Waals surface area contributed by atoms with E-state index in [9.17, 15) is 22.8 Å². The number of rotatable bonds is 11. The summed E-state index contributed by atoms with van der Waals surface area (Å²) in [6.45, 7) is 6.61. The largest absolute Gasteiger partial charge is 0.497 e. The fraction of sp³-hybridized carbons (Fsp3) is 0.477. The Kier molecular flexibility index (Phi) is 11.3. The summed E-state index contributed by atoms with van der Waals surface area (Å²) >= 11 is 1.50. The van der Waals surface area contributed by atoms with Gasteiger partial charge >= 0.3 is 6.03 Å². The van der Waals surface area contributed by atoms with E-state index in [0.717, 1.165) is 28.1 Å². The lowest BCUT2D eigenvalue weighted by atomic mass is 10.1. The molecule has 0 bridgehead atoms. The first-order valence-electron chi connectivity index (χ1n) is 20.6. The van der Waals surface area contributed by atoms with Gasteiger partial charge in [0.1, 0.15) is 45.6 Å². The molecule has 2 aliphatic carbocycles. The lowest BCUT2D eigenvalue weighted by molar-refractivity contribution is -0.131. The summed E-state index contributed by atoms with van der Waals surface area (Å²) in [5, 5.41) is 6.45. The molecule has 3 fully saturated rings. The van der Waals surface area contributed by atoms with Crippen LogP contribution in [0.3, 0.4) is 0 Å². The number of urea groups is 1. The molecule has 0 unspecified atom stereocenters. The van der Waals surface area contributed by atoms with Crippen LogP contribution in [-0.4, -0.2) is 95.8 Å². The minimum absolute atomic E-state index is 0.0787. The summed E-state index contributed by atoms with van der Waals surface area (Å²) in [7, 11) is -0.783. The van der Waals surface area contributed by atoms with E-state index in [0.29, 0.717) is 67.2 Å². The fourth-order valence-electron chi connectivity index (χ4n) is 7.97. The Bertz CT molecular complexity index is 2430. The SMILES string of the molecule is COc1ccc(CN2CCCC/C=C\[C@@H]3C[C@@]3(C(=O)NS(=O)(=O)C3(C)CC3)NC(=O)[C@@H]3C[C@@H](Oc4cc(-c5nc(C(C)C)cs5)nc5cc(OC)ccc45)CN3C2=O)cc1. The van der Waals surface area contributed by atoms with Gasteiger partial charge in [0.25, 0.3) is 5.91 Å². The molecular weight excluding hydrogens is 805 g/mol. The number of hydrogen-bond acceptors (Lipinski definition) is 11. The molecule has 4 aromatic rings. The van der Waals surface area contributed by atoms with Crippen molar-refractivity contribution < 1.29 is 37.0 Å². The van der Waals surface area contributed by atoms with Crippen molar-refractivity contribution >= 4 is 50.1 Å². The van der Waals surface area contributed by atoms with Gasteiger partial charge in [0.2, 0.25) is 15.9 Å². The summed E-state index contributed by atoms with van der Waals surface area (Å²) in [6.07, 6.45) is 6.69. The quantitative estimate of drug-likeness (QED) is 0.158. The monoisotopic (exact) mass is 856 g/mol. The zero-order chi connectivity index (χ0) is 42.4. The zero-order valence-corrected chi connectivity index (χ0v) is 36.2. The third-order valence-electron chi connectivity index (χ3n) is 12.2. The van der Waals surface area contributed by atoms with E-state index in [-0.39, 0.29) is 31.3 Å². The van der Waals surface area contributed by atoms with Gasteiger partial charge in [-0.15, -0.1) is 11.3 Å². The van der Waals surface area contributed by atoms with Crippen LogP contribution in [-0.2, 0) is 26.2 Å². The van der Waals surface area contributed by atoms with Crippen molar-refractivity contribution in [1.29, 1.82) is 0 Å². The lowest BCUT2D eigenvalue weighted by Crippen LogP contribution is -2.58. The van der Waals surface area contributed by atoms with Gasteiger partial charge < -0.3 is 29.3 Å². The van der Waals surface area contributed by atoms with Crippen LogP contribution >= 0.6 is 11.3 Å². The number of nitrogens with zero attached hydrogens (tertiary/aromatic N) is 4. The maximum Gasteiger partial charge on any atom is 0.321 e. The highest BCUT2D eigenvalue weighted by atomic mass is 32.2. The van der Waals surface area contributed by atoms with Crippen LogP contribution in [0.2, 0.25) is 0 Å². The molecule has 4 aliphatic rings. The smallest absolute Gasteiger partial charge is 0.321 e. The average Bonchev–Trinajstić information content (AvgIpc) is 4.00. The van der Waals surface area contributed by atoms with Crippen LogP contribution in [0, 0.1) is 5.92 Å². The Morgan fingerprint density at radius 1 is 1.03 bits per heavy atom. The molecule has 4 heterocycles. The fourth-order valence-corrected chi connectivity index (χ4v) is 10.2. The number of carbonyl (C=O) groups excluding carboxylic acids is 3. The van der Waals surface area contributed by atoms with Crippen LogP contribution in [0.1, 0.15) is 82.9 Å². The van der Waals surface area contributed by atoms with E-state index >= 15 is 0 Å². The third-order valence-corrected chi connectivity index (χ3v) is 15.3. The molecule has 4 atom stereocenters. The van der Waals surface area contributed by atoms with Crippen molar-refractivity contribution in [2.75, 3.05) is 27.3 Å².